The number of aryl methyl sites for hydroxylation is 1. The van der Waals surface area contributed by atoms with E-state index in [4.69, 9.17) is 0 Å². The maximum Gasteiger partial charge on any atom is 0.250 e. The van der Waals surface area contributed by atoms with E-state index in [0.29, 0.717) is 0 Å². The highest BCUT2D eigenvalue weighted by molar-refractivity contribution is 5.60. The van der Waals surface area contributed by atoms with Gasteiger partial charge in [0.15, 0.2) is 0 Å². The zero-order valence-corrected chi connectivity index (χ0v) is 8.90. The lowest BCUT2D eigenvalue weighted by molar-refractivity contribution is 0.870. The van der Waals surface area contributed by atoms with Gasteiger partial charge in [0.25, 0.3) is 5.56 Å². The molecule has 0 bridgehead atoms. The molecule has 2 rings (SSSR count). The quantitative estimate of drug-likeness (QED) is 0.691. The van der Waals surface area contributed by atoms with Crippen LogP contribution in [0.25, 0.3) is 11.3 Å². The minimum absolute atomic E-state index is 0.0222. The Morgan fingerprint density at radius 1 is 1.07 bits per heavy atom. The van der Waals surface area contributed by atoms with Crippen LogP contribution in [0, 0.1) is 6.92 Å². The predicted octanol–water partition coefficient (Wildman–Crippen LogP) is 2.36. The van der Waals surface area contributed by atoms with Gasteiger partial charge in [0, 0.05) is 13.1 Å². The van der Waals surface area contributed by atoms with Crippen molar-refractivity contribution in [3.05, 3.63) is 58.4 Å². The molecule has 1 aromatic carbocycles. The standard InChI is InChI=1S/C13H13NO/c1-10-5-3-6-11(9-10)12-7-4-8-13(15)14(12)2/h3-9H,1-2H3. The van der Waals surface area contributed by atoms with E-state index in [1.807, 2.05) is 31.2 Å². The van der Waals surface area contributed by atoms with Crippen molar-refractivity contribution in [3.63, 3.8) is 0 Å². The molecule has 0 N–H and O–H groups in total. The van der Waals surface area contributed by atoms with Crippen molar-refractivity contribution in [3.8, 4) is 11.3 Å². The van der Waals surface area contributed by atoms with Crippen molar-refractivity contribution >= 4 is 0 Å². The maximum atomic E-state index is 11.5. The van der Waals surface area contributed by atoms with Gasteiger partial charge in [-0.25, -0.2) is 0 Å². The molecule has 0 aliphatic rings. The highest BCUT2D eigenvalue weighted by Crippen LogP contribution is 2.17. The van der Waals surface area contributed by atoms with E-state index in [1.54, 1.807) is 23.7 Å². The molecule has 1 heterocycles. The summed E-state index contributed by atoms with van der Waals surface area (Å²) >= 11 is 0. The van der Waals surface area contributed by atoms with Crippen LogP contribution in [0.3, 0.4) is 0 Å². The number of aromatic nitrogens is 1. The van der Waals surface area contributed by atoms with E-state index in [2.05, 4.69) is 6.07 Å². The van der Waals surface area contributed by atoms with Crippen LogP contribution < -0.4 is 5.56 Å². The summed E-state index contributed by atoms with van der Waals surface area (Å²) in [6, 6.07) is 13.5. The molecule has 2 aromatic rings. The molecule has 0 aliphatic heterocycles. The van der Waals surface area contributed by atoms with E-state index >= 15 is 0 Å². The maximum absolute atomic E-state index is 11.5. The van der Waals surface area contributed by atoms with E-state index in [-0.39, 0.29) is 5.56 Å². The summed E-state index contributed by atoms with van der Waals surface area (Å²) < 4.78 is 1.66. The summed E-state index contributed by atoms with van der Waals surface area (Å²) in [6.45, 7) is 2.05. The van der Waals surface area contributed by atoms with Crippen LogP contribution in [0.4, 0.5) is 0 Å². The Bertz CT molecular complexity index is 540. The van der Waals surface area contributed by atoms with Crippen molar-refractivity contribution in [2.45, 2.75) is 6.92 Å². The van der Waals surface area contributed by atoms with Gasteiger partial charge in [-0.2, -0.15) is 0 Å². The molecule has 15 heavy (non-hydrogen) atoms. The minimum atomic E-state index is 0.0222. The molecule has 0 aliphatic carbocycles. The lowest BCUT2D eigenvalue weighted by atomic mass is 10.1. The third kappa shape index (κ3) is 1.84. The fraction of sp³-hybridized carbons (Fsp3) is 0.154. The Morgan fingerprint density at radius 2 is 1.80 bits per heavy atom. The summed E-state index contributed by atoms with van der Waals surface area (Å²) in [5.74, 6) is 0. The number of hydrogen-bond acceptors (Lipinski definition) is 1. The van der Waals surface area contributed by atoms with Gasteiger partial charge >= 0.3 is 0 Å². The first-order valence-corrected chi connectivity index (χ1v) is 4.91. The van der Waals surface area contributed by atoms with Crippen molar-refractivity contribution in [1.29, 1.82) is 0 Å². The molecular formula is C13H13NO. The molecular weight excluding hydrogens is 186 g/mol. The predicted molar refractivity (Wildman–Crippen MR) is 61.9 cm³/mol. The monoisotopic (exact) mass is 199 g/mol. The fourth-order valence-corrected chi connectivity index (χ4v) is 1.66. The second-order valence-corrected chi connectivity index (χ2v) is 3.68. The lowest BCUT2D eigenvalue weighted by Crippen LogP contribution is -2.16. The Labute approximate surface area is 88.8 Å². The molecule has 0 amide bonds. The molecule has 0 unspecified atom stereocenters. The number of hydrogen-bond donors (Lipinski definition) is 0. The molecule has 0 fully saturated rings. The minimum Gasteiger partial charge on any atom is -0.311 e. The van der Waals surface area contributed by atoms with Gasteiger partial charge in [-0.05, 0) is 24.6 Å². The summed E-state index contributed by atoms with van der Waals surface area (Å²) in [4.78, 5) is 11.5. The zero-order chi connectivity index (χ0) is 10.8. The second kappa shape index (κ2) is 3.73. The summed E-state index contributed by atoms with van der Waals surface area (Å²) in [7, 11) is 1.79. The first kappa shape index (κ1) is 9.71. The molecule has 0 spiro atoms. The first-order valence-electron chi connectivity index (χ1n) is 4.91. The van der Waals surface area contributed by atoms with Crippen LogP contribution in [-0.2, 0) is 7.05 Å². The van der Waals surface area contributed by atoms with E-state index in [9.17, 15) is 4.79 Å². The average molecular weight is 199 g/mol. The van der Waals surface area contributed by atoms with Crippen molar-refractivity contribution in [2.24, 2.45) is 7.05 Å². The van der Waals surface area contributed by atoms with Gasteiger partial charge < -0.3 is 4.57 Å². The molecule has 2 heteroatoms. The Morgan fingerprint density at radius 3 is 2.53 bits per heavy atom. The molecule has 0 radical (unpaired) electrons. The van der Waals surface area contributed by atoms with Crippen molar-refractivity contribution < 1.29 is 0 Å². The largest absolute Gasteiger partial charge is 0.311 e. The van der Waals surface area contributed by atoms with Crippen LogP contribution in [-0.4, -0.2) is 4.57 Å². The van der Waals surface area contributed by atoms with Gasteiger partial charge in [-0.1, -0.05) is 29.8 Å². The normalized spacial score (nSPS) is 10.3. The Hall–Kier alpha value is -1.83. The molecule has 2 nitrogen and oxygen atoms in total. The summed E-state index contributed by atoms with van der Waals surface area (Å²) in [5.41, 5.74) is 3.25. The van der Waals surface area contributed by atoms with Crippen LogP contribution in [0.15, 0.2) is 47.3 Å². The fourth-order valence-electron chi connectivity index (χ4n) is 1.66. The smallest absolute Gasteiger partial charge is 0.250 e. The van der Waals surface area contributed by atoms with Crippen molar-refractivity contribution in [2.75, 3.05) is 0 Å². The highest BCUT2D eigenvalue weighted by Gasteiger charge is 2.01. The topological polar surface area (TPSA) is 22.0 Å². The van der Waals surface area contributed by atoms with Gasteiger partial charge in [0.2, 0.25) is 0 Å². The average Bonchev–Trinajstić information content (AvgIpc) is 2.22. The molecule has 0 saturated heterocycles. The zero-order valence-electron chi connectivity index (χ0n) is 8.90. The van der Waals surface area contributed by atoms with E-state index < -0.39 is 0 Å². The van der Waals surface area contributed by atoms with E-state index in [0.717, 1.165) is 11.3 Å². The van der Waals surface area contributed by atoms with Gasteiger partial charge in [-0.3, -0.25) is 4.79 Å². The van der Waals surface area contributed by atoms with Crippen LogP contribution in [0.1, 0.15) is 5.56 Å². The van der Waals surface area contributed by atoms with Gasteiger partial charge in [0.1, 0.15) is 0 Å². The van der Waals surface area contributed by atoms with Gasteiger partial charge in [-0.15, -0.1) is 0 Å². The first-order chi connectivity index (χ1) is 7.18. The summed E-state index contributed by atoms with van der Waals surface area (Å²) in [5, 5.41) is 0. The lowest BCUT2D eigenvalue weighted by Gasteiger charge is -2.07. The third-order valence-corrected chi connectivity index (χ3v) is 2.50. The van der Waals surface area contributed by atoms with Gasteiger partial charge in [0.05, 0.1) is 5.69 Å². The SMILES string of the molecule is Cc1cccc(-c2cccc(=O)n2C)c1. The second-order valence-electron chi connectivity index (χ2n) is 3.68. The summed E-state index contributed by atoms with van der Waals surface area (Å²) in [6.07, 6.45) is 0. The number of nitrogens with zero attached hydrogens (tertiary/aromatic N) is 1. The molecule has 0 atom stereocenters. The Kier molecular flexibility index (Phi) is 2.42. The van der Waals surface area contributed by atoms with Crippen LogP contribution in [0.2, 0.25) is 0 Å². The molecule has 1 aromatic heterocycles. The third-order valence-electron chi connectivity index (χ3n) is 2.50. The number of rotatable bonds is 1. The molecule has 76 valence electrons. The van der Waals surface area contributed by atoms with Crippen LogP contribution >= 0.6 is 0 Å². The number of benzene rings is 1. The Balaban J connectivity index is 2.64. The van der Waals surface area contributed by atoms with Crippen LogP contribution in [0.5, 0.6) is 0 Å². The van der Waals surface area contributed by atoms with E-state index in [1.165, 1.54) is 5.56 Å². The van der Waals surface area contributed by atoms with Crippen molar-refractivity contribution in [1.82, 2.24) is 4.57 Å². The molecule has 0 saturated carbocycles. The highest BCUT2D eigenvalue weighted by atomic mass is 16.1. The number of pyridine rings is 1.